The molecule has 0 amide bonds. The molecule has 1 radical (unpaired) electrons. The number of rotatable bonds is 7. The molecule has 0 spiro atoms. The van der Waals surface area contributed by atoms with Crippen molar-refractivity contribution >= 4 is 72.8 Å². The molecule has 6 nitrogen and oxygen atoms in total. The zero-order valence-corrected chi connectivity index (χ0v) is 16.3. The van der Waals surface area contributed by atoms with Gasteiger partial charge < -0.3 is 14.2 Å². The van der Waals surface area contributed by atoms with Crippen LogP contribution in [0.3, 0.4) is 0 Å². The van der Waals surface area contributed by atoms with Crippen molar-refractivity contribution in [2.75, 3.05) is 19.8 Å². The molecule has 0 saturated carbocycles. The van der Waals surface area contributed by atoms with E-state index in [1.807, 2.05) is 10.8 Å². The Morgan fingerprint density at radius 2 is 2.19 bits per heavy atom. The zero-order valence-electron chi connectivity index (χ0n) is 11.5. The smallest absolute Gasteiger partial charge is 0.297 e. The SMILES string of the molecule is O=S(=O)(O)C(F)CCCOCC1COc2cscc2O1.[K]. The average Bonchev–Trinajstić information content (AvgIpc) is 2.84. The standard InChI is InChI=1S/C11H15FO6S2.K/c12-11(20(13,14)15)2-1-3-16-4-8-5-17-9-6-19-7-10(9)18-8;/h6-8,11H,1-5H2,(H,13,14,15);. The molecule has 0 aromatic carbocycles. The second-order valence-electron chi connectivity index (χ2n) is 4.29. The summed E-state index contributed by atoms with van der Waals surface area (Å²) in [7, 11) is -4.60. The summed E-state index contributed by atoms with van der Waals surface area (Å²) in [4.78, 5) is 0. The average molecular weight is 365 g/mol. The maximum atomic E-state index is 12.9. The van der Waals surface area contributed by atoms with Crippen LogP contribution in [0, 0.1) is 0 Å². The van der Waals surface area contributed by atoms with Gasteiger partial charge in [0.15, 0.2) is 17.6 Å². The number of hydrogen-bond donors (Lipinski definition) is 1. The van der Waals surface area contributed by atoms with Gasteiger partial charge in [0.2, 0.25) is 5.50 Å². The van der Waals surface area contributed by atoms with E-state index in [2.05, 4.69) is 0 Å². The molecular formula is C11H15FKO6S2. The van der Waals surface area contributed by atoms with E-state index in [4.69, 9.17) is 18.8 Å². The molecule has 2 heterocycles. The Morgan fingerprint density at radius 1 is 1.48 bits per heavy atom. The van der Waals surface area contributed by atoms with Crippen LogP contribution in [0.1, 0.15) is 12.8 Å². The van der Waals surface area contributed by atoms with Crippen molar-refractivity contribution in [3.05, 3.63) is 10.8 Å². The van der Waals surface area contributed by atoms with Gasteiger partial charge >= 0.3 is 0 Å². The molecule has 1 N–H and O–H groups in total. The Bertz CT molecular complexity index is 535. The molecule has 10 heteroatoms. The van der Waals surface area contributed by atoms with Gasteiger partial charge in [0.25, 0.3) is 10.1 Å². The van der Waals surface area contributed by atoms with E-state index in [0.717, 1.165) is 5.75 Å². The third-order valence-corrected chi connectivity index (χ3v) is 4.24. The predicted octanol–water partition coefficient (Wildman–Crippen LogP) is 1.49. The number of hydrogen-bond acceptors (Lipinski definition) is 6. The van der Waals surface area contributed by atoms with E-state index in [1.165, 1.54) is 11.3 Å². The van der Waals surface area contributed by atoms with Crippen LogP contribution in [0.4, 0.5) is 4.39 Å². The summed E-state index contributed by atoms with van der Waals surface area (Å²) in [5, 5.41) is 3.68. The number of halogens is 1. The predicted molar refractivity (Wildman–Crippen MR) is 76.5 cm³/mol. The summed E-state index contributed by atoms with van der Waals surface area (Å²) in [6, 6.07) is 0. The molecule has 1 aliphatic rings. The first kappa shape index (κ1) is 19.8. The minimum absolute atomic E-state index is 0. The molecule has 0 aliphatic carbocycles. The molecule has 21 heavy (non-hydrogen) atoms. The van der Waals surface area contributed by atoms with Gasteiger partial charge in [-0.15, -0.1) is 11.3 Å². The Morgan fingerprint density at radius 3 is 2.90 bits per heavy atom. The van der Waals surface area contributed by atoms with E-state index in [1.54, 1.807) is 0 Å². The molecule has 2 rings (SSSR count). The Balaban J connectivity index is 0.00000220. The maximum Gasteiger partial charge on any atom is 0.297 e. The number of alkyl halides is 1. The van der Waals surface area contributed by atoms with E-state index >= 15 is 0 Å². The van der Waals surface area contributed by atoms with Crippen molar-refractivity contribution in [3.8, 4) is 11.5 Å². The van der Waals surface area contributed by atoms with Crippen LogP contribution >= 0.6 is 11.3 Å². The first-order chi connectivity index (χ1) is 9.47. The van der Waals surface area contributed by atoms with E-state index < -0.39 is 15.6 Å². The molecule has 1 aromatic heterocycles. The van der Waals surface area contributed by atoms with Gasteiger partial charge in [-0.25, -0.2) is 4.39 Å². The van der Waals surface area contributed by atoms with Gasteiger partial charge in [-0.3, -0.25) is 4.55 Å². The second kappa shape index (κ2) is 9.13. The van der Waals surface area contributed by atoms with E-state index in [0.29, 0.717) is 12.4 Å². The fraction of sp³-hybridized carbons (Fsp3) is 0.636. The largest absolute Gasteiger partial charge is 0.485 e. The van der Waals surface area contributed by atoms with Crippen molar-refractivity contribution < 1.29 is 31.6 Å². The fourth-order valence-electron chi connectivity index (χ4n) is 1.65. The number of thiophene rings is 1. The molecule has 1 aromatic rings. The monoisotopic (exact) mass is 365 g/mol. The third-order valence-electron chi connectivity index (χ3n) is 2.66. The quantitative estimate of drug-likeness (QED) is 0.448. The van der Waals surface area contributed by atoms with Crippen LogP contribution < -0.4 is 9.47 Å². The number of ether oxygens (including phenoxy) is 3. The van der Waals surface area contributed by atoms with E-state index in [-0.39, 0.29) is 83.5 Å². The van der Waals surface area contributed by atoms with Gasteiger partial charge in [-0.05, 0) is 12.8 Å². The van der Waals surface area contributed by atoms with Crippen LogP contribution in [0.2, 0.25) is 0 Å². The minimum Gasteiger partial charge on any atom is -0.485 e. The van der Waals surface area contributed by atoms with Gasteiger partial charge in [-0.2, -0.15) is 8.42 Å². The van der Waals surface area contributed by atoms with Crippen molar-refractivity contribution in [1.29, 1.82) is 0 Å². The van der Waals surface area contributed by atoms with Gasteiger partial charge in [0, 0.05) is 68.8 Å². The maximum absolute atomic E-state index is 12.9. The van der Waals surface area contributed by atoms with Gasteiger partial charge in [0.1, 0.15) is 6.61 Å². The first-order valence-electron chi connectivity index (χ1n) is 6.00. The van der Waals surface area contributed by atoms with Crippen LogP contribution in [0.25, 0.3) is 0 Å². The topological polar surface area (TPSA) is 82.1 Å². The van der Waals surface area contributed by atoms with Gasteiger partial charge in [0.05, 0.1) is 6.61 Å². The van der Waals surface area contributed by atoms with Crippen molar-refractivity contribution in [3.63, 3.8) is 0 Å². The molecular weight excluding hydrogens is 350 g/mol. The van der Waals surface area contributed by atoms with Crippen LogP contribution in [0.5, 0.6) is 11.5 Å². The summed E-state index contributed by atoms with van der Waals surface area (Å²) in [5.74, 6) is 1.41. The van der Waals surface area contributed by atoms with Crippen LogP contribution in [0.15, 0.2) is 10.8 Å². The zero-order chi connectivity index (χ0) is 14.6. The third kappa shape index (κ3) is 6.40. The summed E-state index contributed by atoms with van der Waals surface area (Å²) in [5.41, 5.74) is -2.26. The van der Waals surface area contributed by atoms with Gasteiger partial charge in [-0.1, -0.05) is 0 Å². The summed E-state index contributed by atoms with van der Waals surface area (Å²) in [6.45, 7) is 0.838. The van der Waals surface area contributed by atoms with Crippen molar-refractivity contribution in [2.24, 2.45) is 0 Å². The minimum atomic E-state index is -4.60. The second-order valence-corrected chi connectivity index (χ2v) is 6.58. The summed E-state index contributed by atoms with van der Waals surface area (Å²) < 4.78 is 58.5. The molecule has 1 aliphatic heterocycles. The molecule has 2 atom stereocenters. The molecule has 0 fully saturated rings. The van der Waals surface area contributed by atoms with Crippen LogP contribution in [-0.4, -0.2) is 95.8 Å². The Labute approximate surface area is 169 Å². The molecule has 0 bridgehead atoms. The first-order valence-corrected chi connectivity index (χ1v) is 8.45. The summed E-state index contributed by atoms with van der Waals surface area (Å²) >= 11 is 1.48. The molecule has 2 unspecified atom stereocenters. The van der Waals surface area contributed by atoms with E-state index in [9.17, 15) is 12.8 Å². The normalized spacial score (nSPS) is 18.9. The number of fused-ring (bicyclic) bond motifs is 1. The Kier molecular flexibility index (Phi) is 8.60. The molecule has 115 valence electrons. The van der Waals surface area contributed by atoms with Crippen LogP contribution in [-0.2, 0) is 14.9 Å². The Hall–Kier alpha value is 0.736. The molecule has 0 saturated heterocycles. The fourth-order valence-corrected chi connectivity index (χ4v) is 2.79. The van der Waals surface area contributed by atoms with Crippen molar-refractivity contribution in [1.82, 2.24) is 0 Å². The summed E-state index contributed by atoms with van der Waals surface area (Å²) in [6.07, 6.45) is -0.340. The van der Waals surface area contributed by atoms with Crippen molar-refractivity contribution in [2.45, 2.75) is 24.4 Å².